The summed E-state index contributed by atoms with van der Waals surface area (Å²) in [5.74, 6) is -1.03. The minimum Gasteiger partial charge on any atom is -0.389 e. The molecule has 0 saturated carbocycles. The molecule has 0 fully saturated rings. The van der Waals surface area contributed by atoms with Crippen molar-refractivity contribution in [3.63, 3.8) is 0 Å². The molecule has 0 aliphatic carbocycles. The van der Waals surface area contributed by atoms with E-state index in [2.05, 4.69) is 10.4 Å². The van der Waals surface area contributed by atoms with Gasteiger partial charge in [0.1, 0.15) is 11.5 Å². The number of hydrogen-bond acceptors (Lipinski definition) is 4. The minimum absolute atomic E-state index is 0.00453. The topological polar surface area (TPSA) is 68.5 Å². The number of halogens is 3. The smallest absolute Gasteiger partial charge is 0.268 e. The van der Waals surface area contributed by atoms with Crippen LogP contribution in [0.4, 0.5) is 24.5 Å². The maximum atomic E-state index is 13.8. The predicted octanol–water partition coefficient (Wildman–Crippen LogP) is 3.92. The summed E-state index contributed by atoms with van der Waals surface area (Å²) in [6, 6.07) is 1.21. The van der Waals surface area contributed by atoms with Gasteiger partial charge in [0.15, 0.2) is 0 Å². The molecular formula is C12H16F3N3O. The Balaban J connectivity index is 3.33. The molecule has 0 aromatic heterocycles. The van der Waals surface area contributed by atoms with Gasteiger partial charge in [-0.2, -0.15) is 5.11 Å². The normalized spacial score (nSPS) is 11.8. The molecule has 19 heavy (non-hydrogen) atoms. The molecule has 3 N–H and O–H groups in total. The first kappa shape index (κ1) is 15.4. The lowest BCUT2D eigenvalue weighted by molar-refractivity contribution is 0.0942. The van der Waals surface area contributed by atoms with Gasteiger partial charge in [0, 0.05) is 6.54 Å². The standard InChI is InChI=1S/C12H16F3N3O/c1-6-4-7(18-16)10(17-5-12(2,3)19)8(9(6)13)11(14)15/h4,11,16-17,19H,5H2,1-3H3. The zero-order chi connectivity index (χ0) is 14.8. The van der Waals surface area contributed by atoms with Crippen LogP contribution in [0.2, 0.25) is 0 Å². The Morgan fingerprint density at radius 1 is 1.47 bits per heavy atom. The third kappa shape index (κ3) is 3.66. The summed E-state index contributed by atoms with van der Waals surface area (Å²) in [5, 5.41) is 15.2. The van der Waals surface area contributed by atoms with Crippen molar-refractivity contribution in [2.45, 2.75) is 32.8 Å². The summed E-state index contributed by atoms with van der Waals surface area (Å²) in [7, 11) is 0. The fraction of sp³-hybridized carbons (Fsp3) is 0.500. The van der Waals surface area contributed by atoms with E-state index < -0.39 is 23.4 Å². The number of benzene rings is 1. The van der Waals surface area contributed by atoms with E-state index in [9.17, 15) is 18.3 Å². The van der Waals surface area contributed by atoms with Gasteiger partial charge in [-0.05, 0) is 32.4 Å². The fourth-order valence-corrected chi connectivity index (χ4v) is 1.58. The summed E-state index contributed by atoms with van der Waals surface area (Å²) < 4.78 is 39.7. The maximum Gasteiger partial charge on any atom is 0.268 e. The second-order valence-electron chi connectivity index (χ2n) is 4.89. The van der Waals surface area contributed by atoms with Crippen LogP contribution in [0, 0.1) is 18.3 Å². The van der Waals surface area contributed by atoms with Gasteiger partial charge in [-0.15, -0.1) is 0 Å². The number of alkyl halides is 2. The molecule has 0 saturated heterocycles. The zero-order valence-electron chi connectivity index (χ0n) is 10.9. The van der Waals surface area contributed by atoms with Crippen LogP contribution in [0.3, 0.4) is 0 Å². The van der Waals surface area contributed by atoms with Crippen LogP contribution in [0.5, 0.6) is 0 Å². The fourth-order valence-electron chi connectivity index (χ4n) is 1.58. The molecule has 106 valence electrons. The van der Waals surface area contributed by atoms with Gasteiger partial charge in [0.2, 0.25) is 0 Å². The van der Waals surface area contributed by atoms with Gasteiger partial charge >= 0.3 is 0 Å². The lowest BCUT2D eigenvalue weighted by atomic mass is 10.0. The highest BCUT2D eigenvalue weighted by Gasteiger charge is 2.25. The van der Waals surface area contributed by atoms with Crippen LogP contribution in [0.1, 0.15) is 31.4 Å². The van der Waals surface area contributed by atoms with Gasteiger partial charge in [-0.25, -0.2) is 18.7 Å². The second-order valence-corrected chi connectivity index (χ2v) is 4.89. The molecule has 0 aliphatic heterocycles. The van der Waals surface area contributed by atoms with Crippen molar-refractivity contribution >= 4 is 11.4 Å². The molecule has 7 heteroatoms. The number of aryl methyl sites for hydroxylation is 1. The summed E-state index contributed by atoms with van der Waals surface area (Å²) >= 11 is 0. The van der Waals surface area contributed by atoms with E-state index in [1.54, 1.807) is 0 Å². The number of nitrogens with one attached hydrogen (secondary N) is 2. The molecule has 0 amide bonds. The maximum absolute atomic E-state index is 13.8. The Bertz CT molecular complexity index is 484. The molecule has 0 unspecified atom stereocenters. The number of nitrogens with zero attached hydrogens (tertiary/aromatic N) is 1. The van der Waals surface area contributed by atoms with Crippen molar-refractivity contribution in [2.24, 2.45) is 5.11 Å². The van der Waals surface area contributed by atoms with Gasteiger partial charge in [-0.3, -0.25) is 0 Å². The summed E-state index contributed by atoms with van der Waals surface area (Å²) in [4.78, 5) is 0. The molecule has 0 heterocycles. The molecule has 0 bridgehead atoms. The van der Waals surface area contributed by atoms with Gasteiger partial charge < -0.3 is 10.4 Å². The summed E-state index contributed by atoms with van der Waals surface area (Å²) in [6.45, 7) is 4.21. The van der Waals surface area contributed by atoms with E-state index in [1.807, 2.05) is 0 Å². The molecule has 0 radical (unpaired) electrons. The Morgan fingerprint density at radius 2 is 2.05 bits per heavy atom. The lowest BCUT2D eigenvalue weighted by Gasteiger charge is -2.21. The van der Waals surface area contributed by atoms with Crippen molar-refractivity contribution < 1.29 is 18.3 Å². The zero-order valence-corrected chi connectivity index (χ0v) is 10.9. The minimum atomic E-state index is -3.04. The molecular weight excluding hydrogens is 259 g/mol. The Labute approximate surface area is 109 Å². The van der Waals surface area contributed by atoms with E-state index in [0.717, 1.165) is 0 Å². The number of hydrogen-bond donors (Lipinski definition) is 3. The number of rotatable bonds is 5. The lowest BCUT2D eigenvalue weighted by Crippen LogP contribution is -2.29. The van der Waals surface area contributed by atoms with Gasteiger partial charge in [0.25, 0.3) is 6.43 Å². The molecule has 0 spiro atoms. The van der Waals surface area contributed by atoms with Crippen LogP contribution in [-0.2, 0) is 0 Å². The summed E-state index contributed by atoms with van der Waals surface area (Å²) in [6.07, 6.45) is -3.04. The average Bonchev–Trinajstić information content (AvgIpc) is 2.28. The van der Waals surface area contributed by atoms with E-state index >= 15 is 0 Å². The highest BCUT2D eigenvalue weighted by atomic mass is 19.3. The van der Waals surface area contributed by atoms with E-state index in [4.69, 9.17) is 5.53 Å². The second kappa shape index (κ2) is 5.56. The third-order valence-electron chi connectivity index (χ3n) is 2.50. The van der Waals surface area contributed by atoms with Crippen LogP contribution in [0.15, 0.2) is 11.2 Å². The SMILES string of the molecule is Cc1cc(N=N)c(NCC(C)(C)O)c(C(F)F)c1F. The number of anilines is 1. The quantitative estimate of drug-likeness (QED) is 0.713. The van der Waals surface area contributed by atoms with Gasteiger partial charge in [0.05, 0.1) is 16.9 Å². The van der Waals surface area contributed by atoms with E-state index in [-0.39, 0.29) is 23.5 Å². The molecule has 1 rings (SSSR count). The molecule has 0 aliphatic rings. The molecule has 1 aromatic carbocycles. The Morgan fingerprint density at radius 3 is 2.47 bits per heavy atom. The predicted molar refractivity (Wildman–Crippen MR) is 65.7 cm³/mol. The number of aliphatic hydroxyl groups is 1. The largest absolute Gasteiger partial charge is 0.389 e. The van der Waals surface area contributed by atoms with E-state index in [0.29, 0.717) is 0 Å². The Hall–Kier alpha value is -1.63. The van der Waals surface area contributed by atoms with Crippen LogP contribution in [-0.4, -0.2) is 17.3 Å². The average molecular weight is 275 g/mol. The van der Waals surface area contributed by atoms with Crippen molar-refractivity contribution in [2.75, 3.05) is 11.9 Å². The first-order chi connectivity index (χ1) is 8.67. The monoisotopic (exact) mass is 275 g/mol. The van der Waals surface area contributed by atoms with E-state index in [1.165, 1.54) is 26.8 Å². The van der Waals surface area contributed by atoms with Gasteiger partial charge in [-0.1, -0.05) is 0 Å². The first-order valence-electron chi connectivity index (χ1n) is 5.62. The van der Waals surface area contributed by atoms with Crippen molar-refractivity contribution in [3.05, 3.63) is 23.0 Å². The van der Waals surface area contributed by atoms with Crippen molar-refractivity contribution in [1.82, 2.24) is 0 Å². The van der Waals surface area contributed by atoms with Crippen LogP contribution < -0.4 is 5.32 Å². The molecule has 0 atom stereocenters. The van der Waals surface area contributed by atoms with Crippen molar-refractivity contribution in [1.29, 1.82) is 5.53 Å². The van der Waals surface area contributed by atoms with Crippen molar-refractivity contribution in [3.8, 4) is 0 Å². The van der Waals surface area contributed by atoms with Crippen LogP contribution >= 0.6 is 0 Å². The third-order valence-corrected chi connectivity index (χ3v) is 2.50. The molecule has 1 aromatic rings. The molecule has 4 nitrogen and oxygen atoms in total. The Kier molecular flexibility index (Phi) is 4.52. The van der Waals surface area contributed by atoms with Crippen LogP contribution in [0.25, 0.3) is 0 Å². The highest BCUT2D eigenvalue weighted by molar-refractivity contribution is 5.71. The highest BCUT2D eigenvalue weighted by Crippen LogP contribution is 2.38. The summed E-state index contributed by atoms with van der Waals surface area (Å²) in [5.41, 5.74) is 4.64. The first-order valence-corrected chi connectivity index (χ1v) is 5.62.